The van der Waals surface area contributed by atoms with Gasteiger partial charge in [-0.3, -0.25) is 19.9 Å². The molecule has 3 rings (SSSR count). The first-order valence-corrected chi connectivity index (χ1v) is 7.69. The minimum absolute atomic E-state index is 0.226. The number of amides is 2. The van der Waals surface area contributed by atoms with Crippen LogP contribution in [0.15, 0.2) is 47.5 Å². The summed E-state index contributed by atoms with van der Waals surface area (Å²) in [5.74, 6) is -0.805. The van der Waals surface area contributed by atoms with Crippen LogP contribution in [0.3, 0.4) is 0 Å². The molecular weight excluding hydrogens is 357 g/mol. The van der Waals surface area contributed by atoms with Crippen LogP contribution in [-0.2, 0) is 4.79 Å². The van der Waals surface area contributed by atoms with Crippen LogP contribution in [0.25, 0.3) is 17.2 Å². The summed E-state index contributed by atoms with van der Waals surface area (Å²) in [7, 11) is 0. The van der Waals surface area contributed by atoms with E-state index in [9.17, 15) is 22.8 Å². The van der Waals surface area contributed by atoms with E-state index in [0.29, 0.717) is 16.8 Å². The molecule has 0 saturated carbocycles. The van der Waals surface area contributed by atoms with E-state index in [2.05, 4.69) is 15.0 Å². The van der Waals surface area contributed by atoms with Gasteiger partial charge in [0.25, 0.3) is 11.1 Å². The third-order valence-electron chi connectivity index (χ3n) is 3.12. The van der Waals surface area contributed by atoms with Crippen molar-refractivity contribution in [3.63, 3.8) is 0 Å². The van der Waals surface area contributed by atoms with Gasteiger partial charge in [-0.1, -0.05) is 12.1 Å². The molecule has 2 aromatic rings. The predicted octanol–water partition coefficient (Wildman–Crippen LogP) is 3.97. The van der Waals surface area contributed by atoms with E-state index in [-0.39, 0.29) is 10.7 Å². The highest BCUT2D eigenvalue weighted by Crippen LogP contribution is 2.28. The fourth-order valence-electron chi connectivity index (χ4n) is 2.11. The van der Waals surface area contributed by atoms with Gasteiger partial charge in [0, 0.05) is 6.20 Å². The second kappa shape index (κ2) is 6.60. The molecule has 2 heterocycles. The summed E-state index contributed by atoms with van der Waals surface area (Å²) in [6.45, 7) is 0. The maximum absolute atomic E-state index is 12.2. The Bertz CT molecular complexity index is 864. The summed E-state index contributed by atoms with van der Waals surface area (Å²) >= 11 is 0.776. The lowest BCUT2D eigenvalue weighted by Crippen LogP contribution is -2.17. The van der Waals surface area contributed by atoms with E-state index in [0.717, 1.165) is 11.8 Å². The van der Waals surface area contributed by atoms with Crippen LogP contribution in [0.4, 0.5) is 18.0 Å². The third-order valence-corrected chi connectivity index (χ3v) is 3.93. The predicted molar refractivity (Wildman–Crippen MR) is 85.5 cm³/mol. The number of nitrogens with zero attached hydrogens (tertiary/aromatic N) is 1. The second-order valence-corrected chi connectivity index (χ2v) is 5.91. The standard InChI is InChI=1S/C16H9F3N2O3S/c17-16(18,19)24-12-3-1-9(2-4-12)10-5-6-20-11(7-10)8-13-14(22)21-15(23)25-13/h1-8H,(H,21,22,23). The number of carbonyl (C=O) groups is 2. The van der Waals surface area contributed by atoms with Crippen molar-refractivity contribution in [3.8, 4) is 16.9 Å². The fraction of sp³-hybridized carbons (Fsp3) is 0.0625. The molecule has 0 radical (unpaired) electrons. The first-order chi connectivity index (χ1) is 11.8. The van der Waals surface area contributed by atoms with Gasteiger partial charge in [0.2, 0.25) is 0 Å². The lowest BCUT2D eigenvalue weighted by atomic mass is 10.1. The van der Waals surface area contributed by atoms with E-state index in [1.165, 1.54) is 36.5 Å². The van der Waals surface area contributed by atoms with Crippen molar-refractivity contribution < 1.29 is 27.5 Å². The van der Waals surface area contributed by atoms with E-state index >= 15 is 0 Å². The molecule has 9 heteroatoms. The number of ether oxygens (including phenoxy) is 1. The Balaban J connectivity index is 1.83. The number of pyridine rings is 1. The molecule has 1 aliphatic rings. The molecular formula is C16H9F3N2O3S. The van der Waals surface area contributed by atoms with Crippen LogP contribution in [0, 0.1) is 0 Å². The minimum Gasteiger partial charge on any atom is -0.406 e. The third kappa shape index (κ3) is 4.38. The van der Waals surface area contributed by atoms with Crippen LogP contribution < -0.4 is 10.1 Å². The van der Waals surface area contributed by atoms with E-state index in [1.54, 1.807) is 12.1 Å². The summed E-state index contributed by atoms with van der Waals surface area (Å²) in [6.07, 6.45) is -1.77. The molecule has 0 aliphatic carbocycles. The number of rotatable bonds is 3. The van der Waals surface area contributed by atoms with Gasteiger partial charge in [0.05, 0.1) is 10.6 Å². The van der Waals surface area contributed by atoms with Crippen molar-refractivity contribution in [2.75, 3.05) is 0 Å². The van der Waals surface area contributed by atoms with Crippen LogP contribution >= 0.6 is 11.8 Å². The Hall–Kier alpha value is -2.81. The molecule has 1 aromatic carbocycles. The molecule has 25 heavy (non-hydrogen) atoms. The maximum atomic E-state index is 12.2. The summed E-state index contributed by atoms with van der Waals surface area (Å²) in [5.41, 5.74) is 1.78. The molecule has 1 aromatic heterocycles. The SMILES string of the molecule is O=C1NC(=O)C(=Cc2cc(-c3ccc(OC(F)(F)F)cc3)ccn2)S1. The van der Waals surface area contributed by atoms with Gasteiger partial charge in [0.15, 0.2) is 0 Å². The molecule has 0 spiro atoms. The lowest BCUT2D eigenvalue weighted by Gasteiger charge is -2.09. The fourth-order valence-corrected chi connectivity index (χ4v) is 2.78. The molecule has 0 atom stereocenters. The van der Waals surface area contributed by atoms with Crippen molar-refractivity contribution >= 4 is 29.0 Å². The number of hydrogen-bond acceptors (Lipinski definition) is 5. The number of thioether (sulfide) groups is 1. The number of hydrogen-bond donors (Lipinski definition) is 1. The Morgan fingerprint density at radius 1 is 1.08 bits per heavy atom. The first kappa shape index (κ1) is 17.0. The second-order valence-electron chi connectivity index (χ2n) is 4.89. The van der Waals surface area contributed by atoms with Gasteiger partial charge in [-0.25, -0.2) is 0 Å². The zero-order valence-corrected chi connectivity index (χ0v) is 13.1. The molecule has 128 valence electrons. The van der Waals surface area contributed by atoms with Crippen LogP contribution in [-0.4, -0.2) is 22.5 Å². The van der Waals surface area contributed by atoms with E-state index in [1.807, 2.05) is 0 Å². The van der Waals surface area contributed by atoms with Crippen molar-refractivity contribution in [3.05, 3.63) is 53.2 Å². The molecule has 1 N–H and O–H groups in total. The van der Waals surface area contributed by atoms with Crippen molar-refractivity contribution in [2.24, 2.45) is 0 Å². The average Bonchev–Trinajstić information content (AvgIpc) is 2.84. The zero-order chi connectivity index (χ0) is 18.0. The number of nitrogens with one attached hydrogen (secondary N) is 1. The highest BCUT2D eigenvalue weighted by molar-refractivity contribution is 8.18. The summed E-state index contributed by atoms with van der Waals surface area (Å²) in [5, 5.41) is 1.69. The molecule has 0 bridgehead atoms. The van der Waals surface area contributed by atoms with Crippen molar-refractivity contribution in [2.45, 2.75) is 6.36 Å². The number of halogens is 3. The smallest absolute Gasteiger partial charge is 0.406 e. The number of imide groups is 1. The number of benzene rings is 1. The average molecular weight is 366 g/mol. The van der Waals surface area contributed by atoms with Crippen molar-refractivity contribution in [1.82, 2.24) is 10.3 Å². The quantitative estimate of drug-likeness (QED) is 0.833. The Kier molecular flexibility index (Phi) is 4.49. The summed E-state index contributed by atoms with van der Waals surface area (Å²) < 4.78 is 40.4. The molecule has 5 nitrogen and oxygen atoms in total. The lowest BCUT2D eigenvalue weighted by molar-refractivity contribution is -0.274. The van der Waals surface area contributed by atoms with Gasteiger partial charge >= 0.3 is 6.36 Å². The number of carbonyl (C=O) groups excluding carboxylic acids is 2. The van der Waals surface area contributed by atoms with Gasteiger partial charge in [-0.15, -0.1) is 13.2 Å². The summed E-state index contributed by atoms with van der Waals surface area (Å²) in [4.78, 5) is 27.0. The highest BCUT2D eigenvalue weighted by Gasteiger charge is 2.31. The first-order valence-electron chi connectivity index (χ1n) is 6.87. The topological polar surface area (TPSA) is 68.3 Å². The normalized spacial score (nSPS) is 16.2. The Labute approximate surface area is 143 Å². The maximum Gasteiger partial charge on any atom is 0.573 e. The van der Waals surface area contributed by atoms with Crippen LogP contribution in [0.1, 0.15) is 5.69 Å². The van der Waals surface area contributed by atoms with E-state index < -0.39 is 17.5 Å². The van der Waals surface area contributed by atoms with E-state index in [4.69, 9.17) is 0 Å². The Morgan fingerprint density at radius 2 is 1.80 bits per heavy atom. The van der Waals surface area contributed by atoms with Gasteiger partial charge in [-0.05, 0) is 53.2 Å². The van der Waals surface area contributed by atoms with Gasteiger partial charge in [-0.2, -0.15) is 0 Å². The number of aromatic nitrogens is 1. The van der Waals surface area contributed by atoms with Crippen molar-refractivity contribution in [1.29, 1.82) is 0 Å². The van der Waals surface area contributed by atoms with Crippen LogP contribution in [0.5, 0.6) is 5.75 Å². The Morgan fingerprint density at radius 3 is 2.40 bits per heavy atom. The van der Waals surface area contributed by atoms with Gasteiger partial charge in [0.1, 0.15) is 5.75 Å². The highest BCUT2D eigenvalue weighted by atomic mass is 32.2. The largest absolute Gasteiger partial charge is 0.573 e. The number of alkyl halides is 3. The van der Waals surface area contributed by atoms with Crippen LogP contribution in [0.2, 0.25) is 0 Å². The minimum atomic E-state index is -4.74. The molecule has 1 saturated heterocycles. The zero-order valence-electron chi connectivity index (χ0n) is 12.3. The molecule has 2 amide bonds. The molecule has 1 aliphatic heterocycles. The van der Waals surface area contributed by atoms with Gasteiger partial charge < -0.3 is 4.74 Å². The molecule has 0 unspecified atom stereocenters. The monoisotopic (exact) mass is 366 g/mol. The molecule has 1 fully saturated rings. The summed E-state index contributed by atoms with van der Waals surface area (Å²) in [6, 6.07) is 8.71.